The van der Waals surface area contributed by atoms with Gasteiger partial charge in [-0.1, -0.05) is 36.4 Å². The zero-order valence-corrected chi connectivity index (χ0v) is 21.6. The molecule has 0 aliphatic heterocycles. The second kappa shape index (κ2) is 11.5. The molecule has 2 heterocycles. The lowest BCUT2D eigenvalue weighted by Gasteiger charge is -2.14. The SMILES string of the molecule is Nc1cc(N=Nc2ccccc2)c(O[B]Oc2c(N=Nc3ccccc3)cc(N)c3cccnc23)c2ncccc12. The van der Waals surface area contributed by atoms with Gasteiger partial charge in [-0.3, -0.25) is 9.97 Å². The summed E-state index contributed by atoms with van der Waals surface area (Å²) in [5, 5.41) is 18.8. The van der Waals surface area contributed by atoms with Crippen LogP contribution in [-0.4, -0.2) is 17.7 Å². The Balaban J connectivity index is 1.36. The van der Waals surface area contributed by atoms with Gasteiger partial charge >= 0.3 is 7.69 Å². The molecule has 6 aromatic rings. The Hall–Kier alpha value is -5.84. The van der Waals surface area contributed by atoms with Gasteiger partial charge < -0.3 is 20.8 Å². The van der Waals surface area contributed by atoms with Crippen LogP contribution in [0.25, 0.3) is 21.8 Å². The van der Waals surface area contributed by atoms with Gasteiger partial charge in [0.25, 0.3) is 0 Å². The average Bonchev–Trinajstić information content (AvgIpc) is 3.02. The van der Waals surface area contributed by atoms with Crippen molar-refractivity contribution >= 4 is 63.6 Å². The van der Waals surface area contributed by atoms with Gasteiger partial charge in [0.1, 0.15) is 22.4 Å². The molecule has 0 bridgehead atoms. The smallest absolute Gasteiger partial charge is 0.523 e. The summed E-state index contributed by atoms with van der Waals surface area (Å²) in [6.45, 7) is 0. The lowest BCUT2D eigenvalue weighted by atomic mass is 10.1. The highest BCUT2D eigenvalue weighted by atomic mass is 16.6. The molecule has 1 radical (unpaired) electrons. The van der Waals surface area contributed by atoms with Gasteiger partial charge in [0, 0.05) is 34.5 Å². The van der Waals surface area contributed by atoms with Crippen LogP contribution in [-0.2, 0) is 0 Å². The summed E-state index contributed by atoms with van der Waals surface area (Å²) in [5.41, 5.74) is 16.7. The van der Waals surface area contributed by atoms with E-state index in [1.54, 1.807) is 36.7 Å². The second-order valence-electron chi connectivity index (χ2n) is 8.83. The first kappa shape index (κ1) is 25.4. The second-order valence-corrected chi connectivity index (χ2v) is 8.83. The fraction of sp³-hybridized carbons (Fsp3) is 0. The molecule has 0 atom stereocenters. The van der Waals surface area contributed by atoms with Crippen LogP contribution in [0, 0.1) is 0 Å². The highest BCUT2D eigenvalue weighted by molar-refractivity contribution is 6.23. The fourth-order valence-electron chi connectivity index (χ4n) is 4.18. The fourth-order valence-corrected chi connectivity index (χ4v) is 4.18. The van der Waals surface area contributed by atoms with Gasteiger partial charge in [-0.05, 0) is 60.7 Å². The predicted octanol–water partition coefficient (Wildman–Crippen LogP) is 7.77. The maximum atomic E-state index is 6.31. The molecule has 0 saturated carbocycles. The Morgan fingerprint density at radius 1 is 0.537 bits per heavy atom. The maximum Gasteiger partial charge on any atom is 0.658 e. The zero-order valence-electron chi connectivity index (χ0n) is 21.6. The van der Waals surface area contributed by atoms with Crippen LogP contribution in [0.4, 0.5) is 34.1 Å². The Morgan fingerprint density at radius 2 is 0.976 bits per heavy atom. The van der Waals surface area contributed by atoms with Crippen molar-refractivity contribution in [2.75, 3.05) is 11.5 Å². The van der Waals surface area contributed by atoms with E-state index in [0.29, 0.717) is 67.4 Å². The minimum Gasteiger partial charge on any atom is -0.523 e. The molecule has 41 heavy (non-hydrogen) atoms. The molecule has 11 heteroatoms. The maximum absolute atomic E-state index is 6.31. The van der Waals surface area contributed by atoms with Crippen LogP contribution in [0.5, 0.6) is 11.5 Å². The summed E-state index contributed by atoms with van der Waals surface area (Å²) in [4.78, 5) is 8.96. The lowest BCUT2D eigenvalue weighted by molar-refractivity contribution is 0.464. The third-order valence-corrected chi connectivity index (χ3v) is 6.11. The van der Waals surface area contributed by atoms with Crippen molar-refractivity contribution in [3.8, 4) is 11.5 Å². The summed E-state index contributed by atoms with van der Waals surface area (Å²) in [7, 11) is 1.17. The molecule has 0 saturated heterocycles. The molecule has 0 spiro atoms. The van der Waals surface area contributed by atoms with Crippen molar-refractivity contribution in [1.29, 1.82) is 0 Å². The van der Waals surface area contributed by atoms with Gasteiger partial charge in [-0.25, -0.2) is 0 Å². The molecule has 10 nitrogen and oxygen atoms in total. The predicted molar refractivity (Wildman–Crippen MR) is 161 cm³/mol. The van der Waals surface area contributed by atoms with Gasteiger partial charge in [0.2, 0.25) is 0 Å². The third-order valence-electron chi connectivity index (χ3n) is 6.11. The number of benzene rings is 4. The first-order valence-electron chi connectivity index (χ1n) is 12.6. The van der Waals surface area contributed by atoms with E-state index in [-0.39, 0.29) is 0 Å². The summed E-state index contributed by atoms with van der Waals surface area (Å²) >= 11 is 0. The first-order chi connectivity index (χ1) is 20.2. The van der Waals surface area contributed by atoms with E-state index in [1.807, 2.05) is 72.8 Å². The number of anilines is 2. The number of azo groups is 2. The van der Waals surface area contributed by atoms with Crippen LogP contribution in [0.3, 0.4) is 0 Å². The molecule has 0 aliphatic carbocycles. The molecule has 0 aliphatic rings. The normalized spacial score (nSPS) is 11.4. The Kier molecular flexibility index (Phi) is 7.14. The van der Waals surface area contributed by atoms with Crippen molar-refractivity contribution in [3.63, 3.8) is 0 Å². The summed E-state index contributed by atoms with van der Waals surface area (Å²) in [6.07, 6.45) is 3.29. The summed E-state index contributed by atoms with van der Waals surface area (Å²) in [5.74, 6) is 0.629. The third kappa shape index (κ3) is 5.50. The number of pyridine rings is 2. The summed E-state index contributed by atoms with van der Waals surface area (Å²) < 4.78 is 12.1. The van der Waals surface area contributed by atoms with E-state index in [2.05, 4.69) is 30.4 Å². The molecule has 6 rings (SSSR count). The van der Waals surface area contributed by atoms with Gasteiger partial charge in [0.15, 0.2) is 11.5 Å². The van der Waals surface area contributed by atoms with E-state index in [9.17, 15) is 0 Å². The standard InChI is InChI=1S/C30H22BN8O2/c32-23-17-25(38-36-19-9-3-1-4-10-19)29(27-21(23)13-7-15-34-27)40-31-41-30-26(39-37-20-11-5-2-6-12-20)18-24(33)22-14-8-16-35-28(22)30/h1-18H,32-33H2. The minimum atomic E-state index is 0.314. The quantitative estimate of drug-likeness (QED) is 0.115. The molecule has 2 aromatic heterocycles. The van der Waals surface area contributed by atoms with E-state index < -0.39 is 0 Å². The molecule has 0 fully saturated rings. The van der Waals surface area contributed by atoms with E-state index in [4.69, 9.17) is 20.8 Å². The highest BCUT2D eigenvalue weighted by Crippen LogP contribution is 2.41. The number of nitrogens with zero attached hydrogens (tertiary/aromatic N) is 6. The van der Waals surface area contributed by atoms with Crippen LogP contribution in [0.2, 0.25) is 0 Å². The van der Waals surface area contributed by atoms with Crippen molar-refractivity contribution in [1.82, 2.24) is 9.97 Å². The van der Waals surface area contributed by atoms with Gasteiger partial charge in [0.05, 0.1) is 11.4 Å². The summed E-state index contributed by atoms with van der Waals surface area (Å²) in [6, 6.07) is 29.3. The largest absolute Gasteiger partial charge is 0.658 e. The Bertz CT molecular complexity index is 1760. The Labute approximate surface area is 235 Å². The number of hydrogen-bond donors (Lipinski definition) is 2. The highest BCUT2D eigenvalue weighted by Gasteiger charge is 2.19. The van der Waals surface area contributed by atoms with E-state index in [1.165, 1.54) is 7.69 Å². The number of aromatic nitrogens is 2. The molecule has 4 N–H and O–H groups in total. The molecule has 0 unspecified atom stereocenters. The molecular formula is C30H22BN8O2. The number of nitrogens with two attached hydrogens (primary N) is 2. The van der Waals surface area contributed by atoms with Gasteiger partial charge in [-0.2, -0.15) is 10.2 Å². The monoisotopic (exact) mass is 537 g/mol. The van der Waals surface area contributed by atoms with Crippen LogP contribution < -0.4 is 20.8 Å². The van der Waals surface area contributed by atoms with Crippen molar-refractivity contribution in [2.24, 2.45) is 20.5 Å². The van der Waals surface area contributed by atoms with Crippen molar-refractivity contribution in [2.45, 2.75) is 0 Å². The van der Waals surface area contributed by atoms with E-state index in [0.717, 1.165) is 0 Å². The topological polar surface area (TPSA) is 146 Å². The number of hydrogen-bond acceptors (Lipinski definition) is 10. The lowest BCUT2D eigenvalue weighted by Crippen LogP contribution is -2.12. The number of fused-ring (bicyclic) bond motifs is 2. The molecule has 197 valence electrons. The van der Waals surface area contributed by atoms with E-state index >= 15 is 0 Å². The number of nitrogen functional groups attached to an aromatic ring is 2. The van der Waals surface area contributed by atoms with Crippen LogP contribution >= 0.6 is 0 Å². The van der Waals surface area contributed by atoms with Crippen LogP contribution in [0.1, 0.15) is 0 Å². The van der Waals surface area contributed by atoms with Crippen molar-refractivity contribution < 1.29 is 9.31 Å². The average molecular weight is 537 g/mol. The molecular weight excluding hydrogens is 515 g/mol. The molecule has 0 amide bonds. The minimum absolute atomic E-state index is 0.314. The van der Waals surface area contributed by atoms with Gasteiger partial charge in [-0.15, -0.1) is 10.2 Å². The zero-order chi connectivity index (χ0) is 28.0. The first-order valence-corrected chi connectivity index (χ1v) is 12.6. The van der Waals surface area contributed by atoms with Crippen molar-refractivity contribution in [3.05, 3.63) is 109 Å². The molecule has 4 aromatic carbocycles. The Morgan fingerprint density at radius 3 is 1.41 bits per heavy atom. The van der Waals surface area contributed by atoms with Crippen LogP contribution in [0.15, 0.2) is 130 Å². The number of rotatable bonds is 8.